The molecule has 1 atom stereocenters. The van der Waals surface area contributed by atoms with Gasteiger partial charge in [-0.3, -0.25) is 4.68 Å². The lowest BCUT2D eigenvalue weighted by atomic mass is 9.80. The molecule has 1 aromatic rings. The Morgan fingerprint density at radius 3 is 2.81 bits per heavy atom. The van der Waals surface area contributed by atoms with E-state index in [9.17, 15) is 0 Å². The van der Waals surface area contributed by atoms with Gasteiger partial charge in [0.05, 0.1) is 6.20 Å². The van der Waals surface area contributed by atoms with E-state index in [2.05, 4.69) is 30.5 Å². The summed E-state index contributed by atoms with van der Waals surface area (Å²) in [6, 6.07) is 0.510. The van der Waals surface area contributed by atoms with Gasteiger partial charge < -0.3 is 5.32 Å². The lowest BCUT2D eigenvalue weighted by Gasteiger charge is -2.29. The second-order valence-electron chi connectivity index (χ2n) is 4.77. The van der Waals surface area contributed by atoms with Crippen molar-refractivity contribution in [2.24, 2.45) is 5.92 Å². The monoisotopic (exact) mass is 221 g/mol. The highest BCUT2D eigenvalue weighted by Gasteiger charge is 2.23. The summed E-state index contributed by atoms with van der Waals surface area (Å²) in [5, 5.41) is 7.95. The second kappa shape index (κ2) is 5.48. The molecule has 3 nitrogen and oxygen atoms in total. The maximum absolute atomic E-state index is 4.37. The Balaban J connectivity index is 1.98. The predicted molar refractivity (Wildman–Crippen MR) is 66.3 cm³/mol. The third kappa shape index (κ3) is 2.64. The quantitative estimate of drug-likeness (QED) is 0.800. The van der Waals surface area contributed by atoms with E-state index in [0.29, 0.717) is 6.04 Å². The van der Waals surface area contributed by atoms with Crippen LogP contribution in [0.3, 0.4) is 0 Å². The van der Waals surface area contributed by atoms with Crippen molar-refractivity contribution < 1.29 is 0 Å². The van der Waals surface area contributed by atoms with Crippen molar-refractivity contribution in [3.05, 3.63) is 18.0 Å². The molecule has 1 aromatic heterocycles. The number of hydrogen-bond acceptors (Lipinski definition) is 2. The fraction of sp³-hybridized carbons (Fsp3) is 0.769. The Bertz CT molecular complexity index is 315. The molecule has 1 unspecified atom stereocenters. The summed E-state index contributed by atoms with van der Waals surface area (Å²) >= 11 is 0. The normalized spacial score (nSPS) is 18.4. The van der Waals surface area contributed by atoms with Crippen LogP contribution in [0.15, 0.2) is 12.4 Å². The van der Waals surface area contributed by atoms with Gasteiger partial charge in [0, 0.05) is 24.3 Å². The molecule has 2 rings (SSSR count). The van der Waals surface area contributed by atoms with Crippen molar-refractivity contribution >= 4 is 0 Å². The molecule has 16 heavy (non-hydrogen) atoms. The zero-order valence-corrected chi connectivity index (χ0v) is 10.4. The lowest BCUT2D eigenvalue weighted by Crippen LogP contribution is -2.25. The molecule has 1 aliphatic carbocycles. The third-order valence-electron chi connectivity index (χ3n) is 3.62. The Labute approximate surface area is 98.2 Å². The molecule has 0 bridgehead atoms. The lowest BCUT2D eigenvalue weighted by molar-refractivity contribution is 0.262. The molecule has 1 aliphatic rings. The summed E-state index contributed by atoms with van der Waals surface area (Å²) < 4.78 is 2.01. The van der Waals surface area contributed by atoms with E-state index in [1.165, 1.54) is 31.2 Å². The zero-order chi connectivity index (χ0) is 11.4. The minimum atomic E-state index is 0.510. The van der Waals surface area contributed by atoms with Gasteiger partial charge >= 0.3 is 0 Å². The summed E-state index contributed by atoms with van der Waals surface area (Å²) in [4.78, 5) is 0. The van der Waals surface area contributed by atoms with Crippen LogP contribution in [-0.4, -0.2) is 16.3 Å². The molecule has 0 spiro atoms. The van der Waals surface area contributed by atoms with Crippen LogP contribution in [0.2, 0.25) is 0 Å². The SMILES string of the molecule is CCNC(CC1CCC1)c1cnn(CC)c1. The molecule has 0 radical (unpaired) electrons. The zero-order valence-electron chi connectivity index (χ0n) is 10.4. The summed E-state index contributed by atoms with van der Waals surface area (Å²) in [7, 11) is 0. The van der Waals surface area contributed by atoms with Crippen molar-refractivity contribution in [3.63, 3.8) is 0 Å². The first-order chi connectivity index (χ1) is 7.83. The van der Waals surface area contributed by atoms with Crippen LogP contribution < -0.4 is 5.32 Å². The van der Waals surface area contributed by atoms with Crippen molar-refractivity contribution in [1.29, 1.82) is 0 Å². The summed E-state index contributed by atoms with van der Waals surface area (Å²) in [6.45, 7) is 6.31. The molecule has 1 N–H and O–H groups in total. The molecule has 0 aromatic carbocycles. The van der Waals surface area contributed by atoms with E-state index in [1.54, 1.807) is 0 Å². The Morgan fingerprint density at radius 1 is 1.50 bits per heavy atom. The van der Waals surface area contributed by atoms with E-state index in [0.717, 1.165) is 19.0 Å². The summed E-state index contributed by atoms with van der Waals surface area (Å²) in [5.74, 6) is 0.939. The van der Waals surface area contributed by atoms with E-state index in [-0.39, 0.29) is 0 Å². The topological polar surface area (TPSA) is 29.9 Å². The smallest absolute Gasteiger partial charge is 0.0537 e. The minimum Gasteiger partial charge on any atom is -0.310 e. The van der Waals surface area contributed by atoms with Crippen LogP contribution in [-0.2, 0) is 6.54 Å². The number of rotatable bonds is 6. The highest BCUT2D eigenvalue weighted by Crippen LogP contribution is 2.34. The van der Waals surface area contributed by atoms with E-state index in [1.807, 2.05) is 10.9 Å². The number of nitrogens with one attached hydrogen (secondary N) is 1. The van der Waals surface area contributed by atoms with Gasteiger partial charge in [0.2, 0.25) is 0 Å². The Hall–Kier alpha value is -0.830. The highest BCUT2D eigenvalue weighted by molar-refractivity contribution is 5.10. The van der Waals surface area contributed by atoms with Gasteiger partial charge in [-0.2, -0.15) is 5.10 Å². The molecular formula is C13H23N3. The molecule has 0 aliphatic heterocycles. The van der Waals surface area contributed by atoms with E-state index < -0.39 is 0 Å². The van der Waals surface area contributed by atoms with Gasteiger partial charge in [0.15, 0.2) is 0 Å². The summed E-state index contributed by atoms with van der Waals surface area (Å²) in [5.41, 5.74) is 1.36. The van der Waals surface area contributed by atoms with Gasteiger partial charge in [0.25, 0.3) is 0 Å². The standard InChI is InChI=1S/C13H23N3/c1-3-14-13(8-11-6-5-7-11)12-9-15-16(4-2)10-12/h9-11,13-14H,3-8H2,1-2H3. The highest BCUT2D eigenvalue weighted by atomic mass is 15.3. The maximum atomic E-state index is 4.37. The third-order valence-corrected chi connectivity index (χ3v) is 3.62. The summed E-state index contributed by atoms with van der Waals surface area (Å²) in [6.07, 6.45) is 9.76. The van der Waals surface area contributed by atoms with Crippen molar-refractivity contribution in [3.8, 4) is 0 Å². The van der Waals surface area contributed by atoms with Gasteiger partial charge in [-0.15, -0.1) is 0 Å². The molecule has 3 heteroatoms. The molecule has 0 amide bonds. The average molecular weight is 221 g/mol. The molecular weight excluding hydrogens is 198 g/mol. The Kier molecular flexibility index (Phi) is 3.99. The van der Waals surface area contributed by atoms with Crippen LogP contribution in [0.4, 0.5) is 0 Å². The fourth-order valence-corrected chi connectivity index (χ4v) is 2.38. The predicted octanol–water partition coefficient (Wildman–Crippen LogP) is 2.74. The van der Waals surface area contributed by atoms with Crippen LogP contribution >= 0.6 is 0 Å². The first kappa shape index (κ1) is 11.6. The van der Waals surface area contributed by atoms with Gasteiger partial charge in [-0.05, 0) is 25.8 Å². The van der Waals surface area contributed by atoms with Crippen LogP contribution in [0.5, 0.6) is 0 Å². The second-order valence-corrected chi connectivity index (χ2v) is 4.77. The molecule has 1 fully saturated rings. The van der Waals surface area contributed by atoms with Crippen molar-refractivity contribution in [1.82, 2.24) is 15.1 Å². The minimum absolute atomic E-state index is 0.510. The fourth-order valence-electron chi connectivity index (χ4n) is 2.38. The van der Waals surface area contributed by atoms with Crippen LogP contribution in [0.1, 0.15) is 51.1 Å². The molecule has 90 valence electrons. The largest absolute Gasteiger partial charge is 0.310 e. The number of hydrogen-bond donors (Lipinski definition) is 1. The average Bonchev–Trinajstić information content (AvgIpc) is 2.70. The number of aryl methyl sites for hydroxylation is 1. The van der Waals surface area contributed by atoms with Crippen molar-refractivity contribution in [2.45, 2.75) is 52.1 Å². The van der Waals surface area contributed by atoms with E-state index >= 15 is 0 Å². The van der Waals surface area contributed by atoms with Gasteiger partial charge in [-0.1, -0.05) is 26.2 Å². The van der Waals surface area contributed by atoms with Crippen LogP contribution in [0.25, 0.3) is 0 Å². The number of aromatic nitrogens is 2. The number of nitrogens with zero attached hydrogens (tertiary/aromatic N) is 2. The molecule has 0 saturated heterocycles. The Morgan fingerprint density at radius 2 is 2.31 bits per heavy atom. The van der Waals surface area contributed by atoms with Gasteiger partial charge in [-0.25, -0.2) is 0 Å². The van der Waals surface area contributed by atoms with Gasteiger partial charge in [0.1, 0.15) is 0 Å². The molecule has 1 saturated carbocycles. The van der Waals surface area contributed by atoms with Crippen molar-refractivity contribution in [2.75, 3.05) is 6.54 Å². The first-order valence-electron chi connectivity index (χ1n) is 6.59. The molecule has 1 heterocycles. The first-order valence-corrected chi connectivity index (χ1v) is 6.59. The van der Waals surface area contributed by atoms with Crippen LogP contribution in [0, 0.1) is 5.92 Å². The van der Waals surface area contributed by atoms with E-state index in [4.69, 9.17) is 0 Å². The maximum Gasteiger partial charge on any atom is 0.0537 e.